The highest BCUT2D eigenvalue weighted by molar-refractivity contribution is 5.75. The topological polar surface area (TPSA) is 64.3 Å². The molecule has 1 rings (SSSR count). The standard InChI is InChI=1S/C17H28N2O2/c1-12(2)11-21-15-8-6-14(7-9-15)13(3)19-17(4,5)10-16(18)20/h6-9,12-13,19H,10-11H2,1-5H3,(H2,18,20). The van der Waals surface area contributed by atoms with E-state index < -0.39 is 0 Å². The molecule has 0 aromatic heterocycles. The van der Waals surface area contributed by atoms with Crippen LogP contribution < -0.4 is 15.8 Å². The summed E-state index contributed by atoms with van der Waals surface area (Å²) in [6.07, 6.45) is 0.312. The van der Waals surface area contributed by atoms with Crippen molar-refractivity contribution in [3.63, 3.8) is 0 Å². The number of carbonyl (C=O) groups is 1. The van der Waals surface area contributed by atoms with E-state index in [1.807, 2.05) is 38.1 Å². The summed E-state index contributed by atoms with van der Waals surface area (Å²) in [6.45, 7) is 11.0. The molecule has 0 heterocycles. The minimum absolute atomic E-state index is 0.137. The van der Waals surface area contributed by atoms with Gasteiger partial charge >= 0.3 is 0 Å². The average molecular weight is 292 g/mol. The van der Waals surface area contributed by atoms with Crippen molar-refractivity contribution in [3.8, 4) is 5.75 Å². The Balaban J connectivity index is 2.62. The van der Waals surface area contributed by atoms with E-state index in [0.717, 1.165) is 17.9 Å². The van der Waals surface area contributed by atoms with E-state index in [9.17, 15) is 4.79 Å². The second-order valence-corrected chi connectivity index (χ2v) is 6.67. The summed E-state index contributed by atoms with van der Waals surface area (Å²) in [5, 5.41) is 3.43. The van der Waals surface area contributed by atoms with Crippen LogP contribution >= 0.6 is 0 Å². The molecule has 1 atom stereocenters. The van der Waals surface area contributed by atoms with Gasteiger partial charge in [-0.05, 0) is 44.4 Å². The summed E-state index contributed by atoms with van der Waals surface area (Å²) in [5.74, 6) is 1.10. The zero-order valence-electron chi connectivity index (χ0n) is 13.8. The van der Waals surface area contributed by atoms with Crippen LogP contribution in [0.25, 0.3) is 0 Å². The molecule has 0 radical (unpaired) electrons. The molecule has 1 unspecified atom stereocenters. The van der Waals surface area contributed by atoms with Gasteiger partial charge in [-0.2, -0.15) is 0 Å². The van der Waals surface area contributed by atoms with E-state index in [0.29, 0.717) is 12.3 Å². The van der Waals surface area contributed by atoms with E-state index in [2.05, 4.69) is 26.1 Å². The zero-order chi connectivity index (χ0) is 16.0. The quantitative estimate of drug-likeness (QED) is 0.774. The van der Waals surface area contributed by atoms with Gasteiger partial charge in [0.2, 0.25) is 5.91 Å². The van der Waals surface area contributed by atoms with Crippen LogP contribution in [0.3, 0.4) is 0 Å². The largest absolute Gasteiger partial charge is 0.493 e. The minimum atomic E-state index is -0.321. The third-order valence-electron chi connectivity index (χ3n) is 3.19. The number of hydrogen-bond donors (Lipinski definition) is 2. The third-order valence-corrected chi connectivity index (χ3v) is 3.19. The first-order valence-electron chi connectivity index (χ1n) is 7.48. The summed E-state index contributed by atoms with van der Waals surface area (Å²) in [6, 6.07) is 8.20. The molecular formula is C17H28N2O2. The number of nitrogens with one attached hydrogen (secondary N) is 1. The van der Waals surface area contributed by atoms with E-state index >= 15 is 0 Å². The second kappa shape index (κ2) is 7.46. The van der Waals surface area contributed by atoms with Crippen molar-refractivity contribution in [3.05, 3.63) is 29.8 Å². The van der Waals surface area contributed by atoms with E-state index in [1.165, 1.54) is 0 Å². The number of hydrogen-bond acceptors (Lipinski definition) is 3. The van der Waals surface area contributed by atoms with Gasteiger partial charge in [-0.25, -0.2) is 0 Å². The minimum Gasteiger partial charge on any atom is -0.493 e. The van der Waals surface area contributed by atoms with Crippen molar-refractivity contribution >= 4 is 5.91 Å². The van der Waals surface area contributed by atoms with Crippen LogP contribution in [-0.2, 0) is 4.79 Å². The number of carbonyl (C=O) groups excluding carboxylic acids is 1. The Morgan fingerprint density at radius 2 is 1.81 bits per heavy atom. The molecule has 0 bridgehead atoms. The molecule has 0 saturated heterocycles. The molecule has 3 N–H and O–H groups in total. The molecule has 118 valence electrons. The molecule has 1 amide bonds. The summed E-state index contributed by atoms with van der Waals surface area (Å²) in [7, 11) is 0. The fourth-order valence-corrected chi connectivity index (χ4v) is 2.27. The molecule has 0 spiro atoms. The number of amides is 1. The first-order valence-corrected chi connectivity index (χ1v) is 7.48. The SMILES string of the molecule is CC(C)COc1ccc(C(C)NC(C)(C)CC(N)=O)cc1. The smallest absolute Gasteiger partial charge is 0.219 e. The van der Waals surface area contributed by atoms with E-state index in [1.54, 1.807) is 0 Å². The fourth-order valence-electron chi connectivity index (χ4n) is 2.27. The summed E-state index contributed by atoms with van der Waals surface area (Å²) >= 11 is 0. The highest BCUT2D eigenvalue weighted by atomic mass is 16.5. The van der Waals surface area contributed by atoms with Crippen molar-refractivity contribution in [2.24, 2.45) is 11.7 Å². The summed E-state index contributed by atoms with van der Waals surface area (Å²) in [5.41, 5.74) is 6.11. The number of rotatable bonds is 8. The Kier molecular flexibility index (Phi) is 6.21. The number of primary amides is 1. The highest BCUT2D eigenvalue weighted by Crippen LogP contribution is 2.21. The van der Waals surface area contributed by atoms with Crippen LogP contribution in [0.15, 0.2) is 24.3 Å². The third kappa shape index (κ3) is 6.63. The molecule has 1 aromatic rings. The van der Waals surface area contributed by atoms with Gasteiger partial charge in [0, 0.05) is 18.0 Å². The molecular weight excluding hydrogens is 264 g/mol. The Bertz CT molecular complexity index is 452. The maximum atomic E-state index is 11.1. The molecule has 0 aliphatic heterocycles. The molecule has 0 saturated carbocycles. The van der Waals surface area contributed by atoms with Crippen molar-refractivity contribution in [1.82, 2.24) is 5.32 Å². The molecule has 4 nitrogen and oxygen atoms in total. The summed E-state index contributed by atoms with van der Waals surface area (Å²) < 4.78 is 5.67. The van der Waals surface area contributed by atoms with Crippen LogP contribution in [0, 0.1) is 5.92 Å². The first-order chi connectivity index (χ1) is 9.69. The van der Waals surface area contributed by atoms with Crippen molar-refractivity contribution < 1.29 is 9.53 Å². The lowest BCUT2D eigenvalue weighted by Crippen LogP contribution is -2.43. The average Bonchev–Trinajstić information content (AvgIpc) is 2.34. The van der Waals surface area contributed by atoms with Gasteiger partial charge in [-0.3, -0.25) is 4.79 Å². The zero-order valence-corrected chi connectivity index (χ0v) is 13.8. The van der Waals surface area contributed by atoms with Gasteiger partial charge in [0.15, 0.2) is 0 Å². The maximum Gasteiger partial charge on any atom is 0.219 e. The Hall–Kier alpha value is -1.55. The van der Waals surface area contributed by atoms with Gasteiger partial charge in [-0.1, -0.05) is 26.0 Å². The van der Waals surface area contributed by atoms with Crippen LogP contribution in [0.5, 0.6) is 5.75 Å². The first kappa shape index (κ1) is 17.5. The van der Waals surface area contributed by atoms with Gasteiger partial charge < -0.3 is 15.8 Å². The molecule has 1 aromatic carbocycles. The number of benzene rings is 1. The molecule has 0 fully saturated rings. The van der Waals surface area contributed by atoms with Gasteiger partial charge in [-0.15, -0.1) is 0 Å². The van der Waals surface area contributed by atoms with Gasteiger partial charge in [0.05, 0.1) is 6.61 Å². The van der Waals surface area contributed by atoms with Crippen molar-refractivity contribution in [2.75, 3.05) is 6.61 Å². The lowest BCUT2D eigenvalue weighted by atomic mass is 9.97. The van der Waals surface area contributed by atoms with Crippen molar-refractivity contribution in [1.29, 1.82) is 0 Å². The number of nitrogens with two attached hydrogens (primary N) is 1. The molecule has 4 heteroatoms. The highest BCUT2D eigenvalue weighted by Gasteiger charge is 2.22. The van der Waals surface area contributed by atoms with E-state index in [4.69, 9.17) is 10.5 Å². The molecule has 0 aliphatic carbocycles. The van der Waals surface area contributed by atoms with Crippen LogP contribution in [0.4, 0.5) is 0 Å². The molecule has 0 aliphatic rings. The number of ether oxygens (including phenoxy) is 1. The molecule has 21 heavy (non-hydrogen) atoms. The second-order valence-electron chi connectivity index (χ2n) is 6.67. The predicted molar refractivity (Wildman–Crippen MR) is 86.2 cm³/mol. The monoisotopic (exact) mass is 292 g/mol. The maximum absolute atomic E-state index is 11.1. The normalized spacial score (nSPS) is 13.2. The van der Waals surface area contributed by atoms with Crippen LogP contribution in [0.1, 0.15) is 52.6 Å². The van der Waals surface area contributed by atoms with Gasteiger partial charge in [0.25, 0.3) is 0 Å². The lowest BCUT2D eigenvalue weighted by Gasteiger charge is -2.29. The summed E-state index contributed by atoms with van der Waals surface area (Å²) in [4.78, 5) is 11.1. The predicted octanol–water partition coefficient (Wildman–Crippen LogP) is 3.03. The Morgan fingerprint density at radius 1 is 1.24 bits per heavy atom. The Labute approximate surface area is 128 Å². The van der Waals surface area contributed by atoms with Gasteiger partial charge in [0.1, 0.15) is 5.75 Å². The lowest BCUT2D eigenvalue weighted by molar-refractivity contribution is -0.119. The van der Waals surface area contributed by atoms with Crippen LogP contribution in [-0.4, -0.2) is 18.1 Å². The van der Waals surface area contributed by atoms with E-state index in [-0.39, 0.29) is 17.5 Å². The van der Waals surface area contributed by atoms with Crippen LogP contribution in [0.2, 0.25) is 0 Å². The fraction of sp³-hybridized carbons (Fsp3) is 0.588. The Morgan fingerprint density at radius 3 is 2.29 bits per heavy atom. The van der Waals surface area contributed by atoms with Crippen molar-refractivity contribution in [2.45, 2.75) is 52.6 Å².